The van der Waals surface area contributed by atoms with Crippen LogP contribution in [0.3, 0.4) is 0 Å². The molecule has 1 fully saturated rings. The summed E-state index contributed by atoms with van der Waals surface area (Å²) < 4.78 is 5.84. The van der Waals surface area contributed by atoms with Gasteiger partial charge in [0.2, 0.25) is 5.91 Å². The Labute approximate surface area is 193 Å². The third kappa shape index (κ3) is 5.79. The van der Waals surface area contributed by atoms with Crippen LogP contribution in [0.5, 0.6) is 11.5 Å². The number of nitrogens with one attached hydrogen (secondary N) is 1. The van der Waals surface area contributed by atoms with E-state index in [0.717, 1.165) is 18.4 Å². The smallest absolute Gasteiger partial charge is 0.252 e. The zero-order chi connectivity index (χ0) is 23.0. The molecule has 4 rings (SSSR count). The quantitative estimate of drug-likeness (QED) is 0.554. The highest BCUT2D eigenvalue weighted by Gasteiger charge is 2.33. The first kappa shape index (κ1) is 22.6. The molecule has 2 N–H and O–H groups in total. The topological polar surface area (TPSA) is 78.9 Å². The largest absolute Gasteiger partial charge is 0.457 e. The highest BCUT2D eigenvalue weighted by Crippen LogP contribution is 2.23. The first-order valence-electron chi connectivity index (χ1n) is 11.2. The lowest BCUT2D eigenvalue weighted by molar-refractivity contribution is -0.134. The number of amides is 2. The lowest BCUT2D eigenvalue weighted by Gasteiger charge is -2.28. The molecule has 0 aromatic heterocycles. The van der Waals surface area contributed by atoms with Crippen LogP contribution in [0.2, 0.25) is 0 Å². The summed E-state index contributed by atoms with van der Waals surface area (Å²) in [7, 11) is 0. The average molecular weight is 445 g/mol. The highest BCUT2D eigenvalue weighted by molar-refractivity contribution is 5.98. The Morgan fingerprint density at radius 3 is 2.39 bits per heavy atom. The SMILES string of the molecule is O=C(N[C@@H](Cc1ccccc1)C(=O)N1CCC[C@H]1CO)c1cccc(Oc2ccccc2)c1. The van der Waals surface area contributed by atoms with E-state index < -0.39 is 6.04 Å². The van der Waals surface area contributed by atoms with Gasteiger partial charge in [-0.3, -0.25) is 9.59 Å². The maximum absolute atomic E-state index is 13.4. The van der Waals surface area contributed by atoms with Crippen molar-refractivity contribution in [1.82, 2.24) is 10.2 Å². The van der Waals surface area contributed by atoms with Gasteiger partial charge in [0.15, 0.2) is 0 Å². The van der Waals surface area contributed by atoms with Gasteiger partial charge in [-0.25, -0.2) is 0 Å². The number of carbonyl (C=O) groups excluding carboxylic acids is 2. The summed E-state index contributed by atoms with van der Waals surface area (Å²) in [5.41, 5.74) is 1.37. The van der Waals surface area contributed by atoms with Crippen molar-refractivity contribution in [2.45, 2.75) is 31.3 Å². The molecule has 1 saturated heterocycles. The molecule has 6 heteroatoms. The second-order valence-corrected chi connectivity index (χ2v) is 8.17. The molecule has 2 amide bonds. The standard InChI is InChI=1S/C27H28N2O4/c30-19-22-12-8-16-29(22)27(32)25(17-20-9-3-1-4-10-20)28-26(31)21-11-7-15-24(18-21)33-23-13-5-2-6-14-23/h1-7,9-11,13-15,18,22,25,30H,8,12,16-17,19H2,(H,28,31)/t22-,25-/m0/s1. The minimum Gasteiger partial charge on any atom is -0.457 e. The normalized spacial score (nSPS) is 16.3. The molecule has 170 valence electrons. The van der Waals surface area contributed by atoms with Crippen LogP contribution in [0.15, 0.2) is 84.9 Å². The molecular formula is C27H28N2O4. The van der Waals surface area contributed by atoms with Crippen molar-refractivity contribution in [2.75, 3.05) is 13.2 Å². The maximum Gasteiger partial charge on any atom is 0.252 e. The summed E-state index contributed by atoms with van der Waals surface area (Å²) in [4.78, 5) is 28.2. The number of carbonyl (C=O) groups is 2. The predicted molar refractivity (Wildman–Crippen MR) is 126 cm³/mol. The van der Waals surface area contributed by atoms with E-state index in [9.17, 15) is 14.7 Å². The summed E-state index contributed by atoms with van der Waals surface area (Å²) in [6, 6.07) is 24.9. The summed E-state index contributed by atoms with van der Waals surface area (Å²) in [6.45, 7) is 0.516. The second-order valence-electron chi connectivity index (χ2n) is 8.17. The van der Waals surface area contributed by atoms with Gasteiger partial charge >= 0.3 is 0 Å². The van der Waals surface area contributed by atoms with Crippen molar-refractivity contribution in [3.05, 3.63) is 96.1 Å². The van der Waals surface area contributed by atoms with Gasteiger partial charge in [0.1, 0.15) is 17.5 Å². The Balaban J connectivity index is 1.52. The number of benzene rings is 3. The number of aliphatic hydroxyl groups excluding tert-OH is 1. The summed E-state index contributed by atoms with van der Waals surface area (Å²) in [5.74, 6) is 0.707. The second kappa shape index (κ2) is 10.8. The number of para-hydroxylation sites is 1. The fourth-order valence-electron chi connectivity index (χ4n) is 4.13. The molecule has 1 aliphatic rings. The van der Waals surface area contributed by atoms with Gasteiger partial charge in [-0.2, -0.15) is 0 Å². The Kier molecular flexibility index (Phi) is 7.37. The minimum absolute atomic E-state index is 0.0728. The van der Waals surface area contributed by atoms with Crippen molar-refractivity contribution in [3.63, 3.8) is 0 Å². The molecule has 0 saturated carbocycles. The zero-order valence-corrected chi connectivity index (χ0v) is 18.4. The number of ether oxygens (including phenoxy) is 1. The lowest BCUT2D eigenvalue weighted by atomic mass is 10.0. The van der Waals surface area contributed by atoms with E-state index in [2.05, 4.69) is 5.32 Å². The number of hydrogen-bond acceptors (Lipinski definition) is 4. The molecule has 0 radical (unpaired) electrons. The Hall–Kier alpha value is -3.64. The molecule has 33 heavy (non-hydrogen) atoms. The average Bonchev–Trinajstić information content (AvgIpc) is 3.33. The van der Waals surface area contributed by atoms with Crippen molar-refractivity contribution in [2.24, 2.45) is 0 Å². The van der Waals surface area contributed by atoms with Crippen LogP contribution < -0.4 is 10.1 Å². The van der Waals surface area contributed by atoms with Crippen molar-refractivity contribution < 1.29 is 19.4 Å². The lowest BCUT2D eigenvalue weighted by Crippen LogP contribution is -2.51. The van der Waals surface area contributed by atoms with Crippen molar-refractivity contribution in [1.29, 1.82) is 0 Å². The molecule has 3 aromatic rings. The van der Waals surface area contributed by atoms with Gasteiger partial charge < -0.3 is 20.1 Å². The van der Waals surface area contributed by atoms with Crippen LogP contribution in [-0.4, -0.2) is 47.1 Å². The molecule has 0 spiro atoms. The number of rotatable bonds is 8. The number of likely N-dealkylation sites (tertiary alicyclic amines) is 1. The maximum atomic E-state index is 13.4. The molecule has 2 atom stereocenters. The fraction of sp³-hybridized carbons (Fsp3) is 0.259. The molecule has 3 aromatic carbocycles. The van der Waals surface area contributed by atoms with E-state index in [-0.39, 0.29) is 24.5 Å². The summed E-state index contributed by atoms with van der Waals surface area (Å²) in [6.07, 6.45) is 2.00. The van der Waals surface area contributed by atoms with E-state index in [1.807, 2.05) is 60.7 Å². The predicted octanol–water partition coefficient (Wildman–Crippen LogP) is 3.80. The minimum atomic E-state index is -0.731. The summed E-state index contributed by atoms with van der Waals surface area (Å²) >= 11 is 0. The third-order valence-corrected chi connectivity index (χ3v) is 5.83. The zero-order valence-electron chi connectivity index (χ0n) is 18.4. The number of nitrogens with zero attached hydrogens (tertiary/aromatic N) is 1. The van der Waals surface area contributed by atoms with Crippen LogP contribution in [0.25, 0.3) is 0 Å². The van der Waals surface area contributed by atoms with E-state index in [0.29, 0.717) is 30.0 Å². The Morgan fingerprint density at radius 2 is 1.67 bits per heavy atom. The molecule has 6 nitrogen and oxygen atoms in total. The molecule has 0 unspecified atom stereocenters. The van der Waals surface area contributed by atoms with Crippen LogP contribution in [-0.2, 0) is 11.2 Å². The van der Waals surface area contributed by atoms with Gasteiger partial charge in [0.25, 0.3) is 5.91 Å². The van der Waals surface area contributed by atoms with E-state index in [1.54, 1.807) is 29.2 Å². The Bertz CT molecular complexity index is 1070. The third-order valence-electron chi connectivity index (χ3n) is 5.83. The van der Waals surface area contributed by atoms with E-state index in [4.69, 9.17) is 4.74 Å². The van der Waals surface area contributed by atoms with Gasteiger partial charge in [-0.15, -0.1) is 0 Å². The van der Waals surface area contributed by atoms with Gasteiger partial charge in [0, 0.05) is 18.5 Å². The van der Waals surface area contributed by atoms with Gasteiger partial charge in [0.05, 0.1) is 12.6 Å². The number of aliphatic hydroxyl groups is 1. The Morgan fingerprint density at radius 1 is 0.970 bits per heavy atom. The van der Waals surface area contributed by atoms with Crippen LogP contribution in [0.1, 0.15) is 28.8 Å². The van der Waals surface area contributed by atoms with Crippen LogP contribution >= 0.6 is 0 Å². The van der Waals surface area contributed by atoms with E-state index >= 15 is 0 Å². The molecule has 0 bridgehead atoms. The molecule has 0 aliphatic carbocycles. The molecule has 1 heterocycles. The first-order chi connectivity index (χ1) is 16.1. The molecular weight excluding hydrogens is 416 g/mol. The van der Waals surface area contributed by atoms with Crippen molar-refractivity contribution >= 4 is 11.8 Å². The fourth-order valence-corrected chi connectivity index (χ4v) is 4.13. The van der Waals surface area contributed by atoms with Gasteiger partial charge in [-0.1, -0.05) is 54.6 Å². The number of hydrogen-bond donors (Lipinski definition) is 2. The van der Waals surface area contributed by atoms with Crippen molar-refractivity contribution in [3.8, 4) is 11.5 Å². The van der Waals surface area contributed by atoms with Crippen LogP contribution in [0.4, 0.5) is 0 Å². The van der Waals surface area contributed by atoms with E-state index in [1.165, 1.54) is 0 Å². The molecule has 1 aliphatic heterocycles. The summed E-state index contributed by atoms with van der Waals surface area (Å²) in [5, 5.41) is 12.6. The highest BCUT2D eigenvalue weighted by atomic mass is 16.5. The van der Waals surface area contributed by atoms with Crippen LogP contribution in [0, 0.1) is 0 Å². The monoisotopic (exact) mass is 444 g/mol. The van der Waals surface area contributed by atoms with Gasteiger partial charge in [-0.05, 0) is 48.7 Å². The first-order valence-corrected chi connectivity index (χ1v) is 11.2.